The van der Waals surface area contributed by atoms with Gasteiger partial charge in [0.2, 0.25) is 5.95 Å². The third-order valence-corrected chi connectivity index (χ3v) is 4.89. The van der Waals surface area contributed by atoms with Gasteiger partial charge >= 0.3 is 6.09 Å². The minimum atomic E-state index is -1.16. The Balaban J connectivity index is 1.29. The molecule has 30 heavy (non-hydrogen) atoms. The van der Waals surface area contributed by atoms with Crippen LogP contribution in [0.25, 0.3) is 11.1 Å². The molecular weight excluding hydrogens is 386 g/mol. The highest BCUT2D eigenvalue weighted by Gasteiger charge is 2.28. The number of hydrogen-bond acceptors (Lipinski definition) is 3. The van der Waals surface area contributed by atoms with Gasteiger partial charge in [0.1, 0.15) is 6.61 Å². The molecule has 4 rings (SSSR count). The Morgan fingerprint density at radius 3 is 2.40 bits per heavy atom. The van der Waals surface area contributed by atoms with Gasteiger partial charge in [0, 0.05) is 30.6 Å². The lowest BCUT2D eigenvalue weighted by molar-refractivity contribution is 0.143. The molecule has 0 saturated carbocycles. The van der Waals surface area contributed by atoms with E-state index in [1.54, 1.807) is 0 Å². The summed E-state index contributed by atoms with van der Waals surface area (Å²) in [5.41, 5.74) is 4.92. The maximum Gasteiger partial charge on any atom is 0.407 e. The predicted octanol–water partition coefficient (Wildman–Crippen LogP) is 4.64. The minimum Gasteiger partial charge on any atom is -0.449 e. The number of ether oxygens (including phenoxy) is 1. The summed E-state index contributed by atoms with van der Waals surface area (Å²) in [5.74, 6) is 3.26. The average molecular weight is 404 g/mol. The van der Waals surface area contributed by atoms with E-state index in [4.69, 9.17) is 4.74 Å². The number of carbonyl (C=O) groups excluding carboxylic acids is 1. The van der Waals surface area contributed by atoms with Crippen LogP contribution in [0.15, 0.2) is 60.8 Å². The van der Waals surface area contributed by atoms with Gasteiger partial charge in [-0.05, 0) is 28.3 Å². The zero-order chi connectivity index (χ0) is 20.9. The van der Waals surface area contributed by atoms with Crippen molar-refractivity contribution in [1.82, 2.24) is 10.3 Å². The maximum atomic E-state index is 13.1. The number of nitrogens with zero attached hydrogens (tertiary/aromatic N) is 1. The molecule has 0 radical (unpaired) electrons. The normalized spacial score (nSPS) is 11.8. The van der Waals surface area contributed by atoms with Gasteiger partial charge in [0.15, 0.2) is 5.82 Å². The van der Waals surface area contributed by atoms with Gasteiger partial charge in [-0.25, -0.2) is 14.2 Å². The molecule has 6 heteroatoms. The molecule has 1 amide bonds. The monoisotopic (exact) mass is 404 g/mol. The van der Waals surface area contributed by atoms with E-state index >= 15 is 0 Å². The molecule has 0 saturated heterocycles. The quantitative estimate of drug-likeness (QED) is 0.392. The van der Waals surface area contributed by atoms with Crippen molar-refractivity contribution in [2.75, 3.05) is 13.2 Å². The van der Waals surface area contributed by atoms with Crippen LogP contribution in [0, 0.1) is 23.6 Å². The number of halogens is 2. The number of amides is 1. The molecule has 3 aromatic rings. The Bertz CT molecular complexity index is 1110. The highest BCUT2D eigenvalue weighted by Crippen LogP contribution is 2.44. The number of fused-ring (bicyclic) bond motifs is 3. The van der Waals surface area contributed by atoms with Gasteiger partial charge in [-0.2, -0.15) is 4.39 Å². The number of benzene rings is 2. The topological polar surface area (TPSA) is 51.2 Å². The molecule has 0 atom stereocenters. The third kappa shape index (κ3) is 4.15. The van der Waals surface area contributed by atoms with Crippen LogP contribution in [0.4, 0.5) is 13.6 Å². The maximum absolute atomic E-state index is 13.1. The summed E-state index contributed by atoms with van der Waals surface area (Å²) in [6.07, 6.45) is 0.973. The van der Waals surface area contributed by atoms with Crippen molar-refractivity contribution in [2.24, 2.45) is 0 Å². The largest absolute Gasteiger partial charge is 0.449 e. The number of hydrogen-bond donors (Lipinski definition) is 1. The lowest BCUT2D eigenvalue weighted by Crippen LogP contribution is -2.26. The molecule has 1 aromatic heterocycles. The highest BCUT2D eigenvalue weighted by molar-refractivity contribution is 5.79. The van der Waals surface area contributed by atoms with Crippen molar-refractivity contribution in [3.63, 3.8) is 0 Å². The molecule has 4 nitrogen and oxygen atoms in total. The molecule has 1 aliphatic rings. The van der Waals surface area contributed by atoms with Crippen LogP contribution in [0.2, 0.25) is 0 Å². The van der Waals surface area contributed by atoms with Crippen molar-refractivity contribution >= 4 is 6.09 Å². The summed E-state index contributed by atoms with van der Waals surface area (Å²) in [6.45, 7) is 0.521. The van der Waals surface area contributed by atoms with Crippen molar-refractivity contribution < 1.29 is 18.3 Å². The van der Waals surface area contributed by atoms with E-state index in [1.165, 1.54) is 11.1 Å². The molecule has 150 valence electrons. The first kappa shape index (κ1) is 19.6. The Kier molecular flexibility index (Phi) is 5.71. The van der Waals surface area contributed by atoms with Crippen molar-refractivity contribution in [3.8, 4) is 23.0 Å². The van der Waals surface area contributed by atoms with Crippen LogP contribution in [0.5, 0.6) is 0 Å². The first-order chi connectivity index (χ1) is 14.6. The molecular formula is C24H18F2N2O2. The Hall–Kier alpha value is -3.72. The van der Waals surface area contributed by atoms with Gasteiger partial charge in [0.05, 0.1) is 0 Å². The first-order valence-electron chi connectivity index (χ1n) is 9.52. The van der Waals surface area contributed by atoms with Crippen LogP contribution in [0.3, 0.4) is 0 Å². The smallest absolute Gasteiger partial charge is 0.407 e. The van der Waals surface area contributed by atoms with E-state index in [0.717, 1.165) is 23.4 Å². The SMILES string of the molecule is O=C(NCCC#Cc1cnc(F)c(F)c1)OCC1c2ccccc2-c2ccccc21. The predicted molar refractivity (Wildman–Crippen MR) is 109 cm³/mol. The molecule has 1 aliphatic carbocycles. The van der Waals surface area contributed by atoms with Crippen molar-refractivity contribution in [2.45, 2.75) is 12.3 Å². The molecule has 0 unspecified atom stereocenters. The van der Waals surface area contributed by atoms with Gasteiger partial charge in [0.25, 0.3) is 0 Å². The molecule has 1 heterocycles. The zero-order valence-corrected chi connectivity index (χ0v) is 16.0. The Labute approximate surface area is 172 Å². The Morgan fingerprint density at radius 1 is 1.07 bits per heavy atom. The molecule has 2 aromatic carbocycles. The van der Waals surface area contributed by atoms with Gasteiger partial charge in [-0.3, -0.25) is 0 Å². The number of carbonyl (C=O) groups is 1. The summed E-state index contributed by atoms with van der Waals surface area (Å²) >= 11 is 0. The van der Waals surface area contributed by atoms with E-state index in [9.17, 15) is 13.6 Å². The third-order valence-electron chi connectivity index (χ3n) is 4.89. The van der Waals surface area contributed by atoms with Crippen molar-refractivity contribution in [1.29, 1.82) is 0 Å². The molecule has 0 aliphatic heterocycles. The fourth-order valence-electron chi connectivity index (χ4n) is 3.53. The second-order valence-corrected chi connectivity index (χ2v) is 6.80. The van der Waals surface area contributed by atoms with Crippen LogP contribution in [-0.2, 0) is 4.74 Å². The van der Waals surface area contributed by atoms with Crippen LogP contribution >= 0.6 is 0 Å². The first-order valence-corrected chi connectivity index (χ1v) is 9.52. The second kappa shape index (κ2) is 8.75. The fraction of sp³-hybridized carbons (Fsp3) is 0.167. The van der Waals surface area contributed by atoms with Crippen LogP contribution in [-0.4, -0.2) is 24.2 Å². The lowest BCUT2D eigenvalue weighted by atomic mass is 9.98. The fourth-order valence-corrected chi connectivity index (χ4v) is 3.53. The molecule has 1 N–H and O–H groups in total. The lowest BCUT2D eigenvalue weighted by Gasteiger charge is -2.14. The van der Waals surface area contributed by atoms with E-state index in [-0.39, 0.29) is 24.6 Å². The second-order valence-electron chi connectivity index (χ2n) is 6.80. The number of aromatic nitrogens is 1. The standard InChI is InChI=1S/C24H18F2N2O2/c25-22-13-16(14-28-23(22)26)7-5-6-12-27-24(29)30-15-21-19-10-3-1-8-17(19)18-9-2-4-11-20(18)21/h1-4,8-11,13-14,21H,6,12,15H2,(H,27,29). The van der Waals surface area contributed by atoms with E-state index in [0.29, 0.717) is 6.42 Å². The highest BCUT2D eigenvalue weighted by atomic mass is 19.2. The zero-order valence-electron chi connectivity index (χ0n) is 16.0. The average Bonchev–Trinajstić information content (AvgIpc) is 3.08. The van der Waals surface area contributed by atoms with Crippen LogP contribution < -0.4 is 5.32 Å². The summed E-state index contributed by atoms with van der Waals surface area (Å²) in [6, 6.07) is 17.2. The Morgan fingerprint density at radius 2 is 1.73 bits per heavy atom. The summed E-state index contributed by atoms with van der Waals surface area (Å²) in [4.78, 5) is 15.3. The molecule has 0 bridgehead atoms. The minimum absolute atomic E-state index is 0.00353. The van der Waals surface area contributed by atoms with E-state index < -0.39 is 17.9 Å². The molecule has 0 fully saturated rings. The summed E-state index contributed by atoms with van der Waals surface area (Å²) in [7, 11) is 0. The molecule has 0 spiro atoms. The summed E-state index contributed by atoms with van der Waals surface area (Å²) < 4.78 is 31.3. The van der Waals surface area contributed by atoms with Crippen LogP contribution in [0.1, 0.15) is 29.0 Å². The van der Waals surface area contributed by atoms with Crippen molar-refractivity contribution in [3.05, 3.63) is 89.2 Å². The number of pyridine rings is 1. The number of nitrogens with one attached hydrogen (secondary N) is 1. The van der Waals surface area contributed by atoms with Gasteiger partial charge in [-0.15, -0.1) is 0 Å². The van der Waals surface area contributed by atoms with E-state index in [2.05, 4.69) is 46.4 Å². The van der Waals surface area contributed by atoms with Gasteiger partial charge in [-0.1, -0.05) is 60.4 Å². The number of alkyl carbamates (subject to hydrolysis) is 1. The number of rotatable bonds is 4. The van der Waals surface area contributed by atoms with Gasteiger partial charge < -0.3 is 10.1 Å². The summed E-state index contributed by atoms with van der Waals surface area (Å²) in [5, 5.41) is 2.65. The van der Waals surface area contributed by atoms with E-state index in [1.807, 2.05) is 24.3 Å².